The van der Waals surface area contributed by atoms with Gasteiger partial charge in [-0.2, -0.15) is 5.10 Å². The molecule has 4 rings (SSSR count). The zero-order chi connectivity index (χ0) is 20.4. The summed E-state index contributed by atoms with van der Waals surface area (Å²) in [6, 6.07) is 11.2. The zero-order valence-electron chi connectivity index (χ0n) is 16.6. The van der Waals surface area contributed by atoms with Gasteiger partial charge in [-0.3, -0.25) is 4.79 Å². The summed E-state index contributed by atoms with van der Waals surface area (Å²) in [6.45, 7) is 5.02. The van der Waals surface area contributed by atoms with Crippen molar-refractivity contribution in [3.05, 3.63) is 59.5 Å². The molecule has 0 unspecified atom stereocenters. The fourth-order valence-electron chi connectivity index (χ4n) is 3.64. The Morgan fingerprint density at radius 3 is 2.55 bits per heavy atom. The number of para-hydroxylation sites is 1. The second-order valence-electron chi connectivity index (χ2n) is 7.36. The van der Waals surface area contributed by atoms with E-state index in [9.17, 15) is 9.59 Å². The highest BCUT2D eigenvalue weighted by Gasteiger charge is 2.25. The fourth-order valence-corrected chi connectivity index (χ4v) is 3.64. The number of piperidine rings is 1. The van der Waals surface area contributed by atoms with E-state index in [1.54, 1.807) is 15.6 Å². The smallest absolute Gasteiger partial charge is 0.321 e. The van der Waals surface area contributed by atoms with Crippen molar-refractivity contribution < 1.29 is 9.59 Å². The van der Waals surface area contributed by atoms with Crippen molar-refractivity contribution in [2.45, 2.75) is 32.7 Å². The third-order valence-corrected chi connectivity index (χ3v) is 5.17. The van der Waals surface area contributed by atoms with E-state index < -0.39 is 0 Å². The molecule has 2 N–H and O–H groups in total. The average molecular weight is 392 g/mol. The van der Waals surface area contributed by atoms with Gasteiger partial charge in [-0.25, -0.2) is 14.3 Å². The monoisotopic (exact) mass is 392 g/mol. The van der Waals surface area contributed by atoms with Crippen LogP contribution in [0.1, 0.15) is 34.6 Å². The van der Waals surface area contributed by atoms with Crippen LogP contribution in [0.2, 0.25) is 0 Å². The molecule has 0 radical (unpaired) electrons. The second-order valence-corrected chi connectivity index (χ2v) is 7.36. The average Bonchev–Trinajstić information content (AvgIpc) is 3.13. The third kappa shape index (κ3) is 4.06. The number of likely N-dealkylation sites (tertiary alicyclic amines) is 1. The van der Waals surface area contributed by atoms with E-state index in [4.69, 9.17) is 0 Å². The number of aryl methyl sites for hydroxylation is 2. The standard InChI is InChI=1S/C21H24N6O2/c1-14-12-15(2)27-19(23-14)18(13-22-27)20(28)24-17-8-10-26(11-9-17)21(29)25-16-6-4-3-5-7-16/h3-7,12-13,17H,8-11H2,1-2H3,(H,24,28)(H,25,29). The van der Waals surface area contributed by atoms with E-state index in [1.165, 1.54) is 0 Å². The molecule has 8 heteroatoms. The Morgan fingerprint density at radius 2 is 1.83 bits per heavy atom. The SMILES string of the molecule is Cc1cc(C)n2ncc(C(=O)NC3CCN(C(=O)Nc4ccccc4)CC3)c2n1. The van der Waals surface area contributed by atoms with Crippen molar-refractivity contribution >= 4 is 23.3 Å². The van der Waals surface area contributed by atoms with E-state index in [2.05, 4.69) is 20.7 Å². The van der Waals surface area contributed by atoms with Gasteiger partial charge >= 0.3 is 6.03 Å². The molecule has 2 aromatic heterocycles. The topological polar surface area (TPSA) is 91.6 Å². The van der Waals surface area contributed by atoms with Gasteiger partial charge in [-0.1, -0.05) is 18.2 Å². The normalized spacial score (nSPS) is 14.8. The van der Waals surface area contributed by atoms with E-state index in [0.717, 1.165) is 17.1 Å². The molecule has 1 aliphatic rings. The van der Waals surface area contributed by atoms with E-state index >= 15 is 0 Å². The summed E-state index contributed by atoms with van der Waals surface area (Å²) in [5.41, 5.74) is 3.60. The van der Waals surface area contributed by atoms with E-state index in [0.29, 0.717) is 37.1 Å². The Labute approximate surface area is 168 Å². The van der Waals surface area contributed by atoms with Crippen LogP contribution in [-0.2, 0) is 0 Å². The van der Waals surface area contributed by atoms with Gasteiger partial charge in [0, 0.05) is 36.2 Å². The number of anilines is 1. The summed E-state index contributed by atoms with van der Waals surface area (Å²) in [4.78, 5) is 31.4. The number of hydrogen-bond donors (Lipinski definition) is 2. The fraction of sp³-hybridized carbons (Fsp3) is 0.333. The zero-order valence-corrected chi connectivity index (χ0v) is 16.6. The number of urea groups is 1. The first kappa shape index (κ1) is 18.9. The van der Waals surface area contributed by atoms with Crippen LogP contribution in [0.4, 0.5) is 10.5 Å². The quantitative estimate of drug-likeness (QED) is 0.717. The minimum atomic E-state index is -0.176. The summed E-state index contributed by atoms with van der Waals surface area (Å²) in [5, 5.41) is 10.3. The molecular weight excluding hydrogens is 368 g/mol. The minimum Gasteiger partial charge on any atom is -0.349 e. The van der Waals surface area contributed by atoms with Crippen LogP contribution < -0.4 is 10.6 Å². The van der Waals surface area contributed by atoms with Gasteiger partial charge in [0.2, 0.25) is 0 Å². The van der Waals surface area contributed by atoms with Crippen LogP contribution in [0.5, 0.6) is 0 Å². The molecule has 8 nitrogen and oxygen atoms in total. The maximum absolute atomic E-state index is 12.8. The Bertz CT molecular complexity index is 1040. The second kappa shape index (κ2) is 7.90. The number of rotatable bonds is 3. The molecule has 0 bridgehead atoms. The Morgan fingerprint density at radius 1 is 1.10 bits per heavy atom. The summed E-state index contributed by atoms with van der Waals surface area (Å²) in [7, 11) is 0. The minimum absolute atomic E-state index is 0.0177. The predicted octanol–water partition coefficient (Wildman–Crippen LogP) is 2.77. The number of hydrogen-bond acceptors (Lipinski definition) is 4. The van der Waals surface area contributed by atoms with Crippen LogP contribution in [0.15, 0.2) is 42.6 Å². The van der Waals surface area contributed by atoms with Crippen LogP contribution in [0.25, 0.3) is 5.65 Å². The number of carbonyl (C=O) groups excluding carboxylic acids is 2. The van der Waals surface area contributed by atoms with Gasteiger partial charge in [0.05, 0.1) is 6.20 Å². The van der Waals surface area contributed by atoms with Crippen molar-refractivity contribution in [1.82, 2.24) is 24.8 Å². The number of nitrogens with zero attached hydrogens (tertiary/aromatic N) is 4. The molecule has 0 atom stereocenters. The van der Waals surface area contributed by atoms with Gasteiger partial charge in [-0.05, 0) is 44.9 Å². The summed E-state index contributed by atoms with van der Waals surface area (Å²) >= 11 is 0. The third-order valence-electron chi connectivity index (χ3n) is 5.17. The number of carbonyl (C=O) groups is 2. The lowest BCUT2D eigenvalue weighted by Crippen LogP contribution is -2.47. The molecule has 3 heterocycles. The van der Waals surface area contributed by atoms with Crippen LogP contribution >= 0.6 is 0 Å². The number of amides is 3. The lowest BCUT2D eigenvalue weighted by Gasteiger charge is -2.32. The first-order valence-corrected chi connectivity index (χ1v) is 9.75. The molecule has 0 saturated carbocycles. The molecular formula is C21H24N6O2. The van der Waals surface area contributed by atoms with Crippen LogP contribution in [0.3, 0.4) is 0 Å². The number of nitrogens with one attached hydrogen (secondary N) is 2. The Hall–Kier alpha value is -3.42. The van der Waals surface area contributed by atoms with Crippen LogP contribution in [-0.4, -0.2) is 50.6 Å². The maximum atomic E-state index is 12.8. The van der Waals surface area contributed by atoms with Gasteiger partial charge in [-0.15, -0.1) is 0 Å². The van der Waals surface area contributed by atoms with Crippen molar-refractivity contribution in [2.24, 2.45) is 0 Å². The molecule has 1 aromatic carbocycles. The Kier molecular flexibility index (Phi) is 5.16. The Balaban J connectivity index is 1.35. The first-order chi connectivity index (χ1) is 14.0. The van der Waals surface area contributed by atoms with Crippen molar-refractivity contribution in [3.8, 4) is 0 Å². The molecule has 1 aliphatic heterocycles. The van der Waals surface area contributed by atoms with Crippen molar-refractivity contribution in [1.29, 1.82) is 0 Å². The summed E-state index contributed by atoms with van der Waals surface area (Å²) in [6.07, 6.45) is 2.98. The van der Waals surface area contributed by atoms with Gasteiger partial charge in [0.25, 0.3) is 5.91 Å². The molecule has 29 heavy (non-hydrogen) atoms. The van der Waals surface area contributed by atoms with Crippen molar-refractivity contribution in [3.63, 3.8) is 0 Å². The molecule has 150 valence electrons. The molecule has 1 saturated heterocycles. The number of benzene rings is 1. The molecule has 0 spiro atoms. The van der Waals surface area contributed by atoms with Gasteiger partial charge in [0.15, 0.2) is 5.65 Å². The molecule has 3 amide bonds. The van der Waals surface area contributed by atoms with Gasteiger partial charge in [0.1, 0.15) is 5.56 Å². The van der Waals surface area contributed by atoms with Crippen molar-refractivity contribution in [2.75, 3.05) is 18.4 Å². The van der Waals surface area contributed by atoms with Gasteiger partial charge < -0.3 is 15.5 Å². The number of fused-ring (bicyclic) bond motifs is 1. The molecule has 3 aromatic rings. The largest absolute Gasteiger partial charge is 0.349 e. The highest BCUT2D eigenvalue weighted by molar-refractivity contribution is 5.99. The van der Waals surface area contributed by atoms with E-state index in [1.807, 2.05) is 50.2 Å². The maximum Gasteiger partial charge on any atom is 0.321 e. The lowest BCUT2D eigenvalue weighted by atomic mass is 10.0. The highest BCUT2D eigenvalue weighted by atomic mass is 16.2. The molecule has 1 fully saturated rings. The number of aromatic nitrogens is 3. The summed E-state index contributed by atoms with van der Waals surface area (Å²) in [5.74, 6) is -0.176. The van der Waals surface area contributed by atoms with E-state index in [-0.39, 0.29) is 18.0 Å². The predicted molar refractivity (Wildman–Crippen MR) is 110 cm³/mol. The lowest BCUT2D eigenvalue weighted by molar-refractivity contribution is 0.0920. The molecule has 0 aliphatic carbocycles. The first-order valence-electron chi connectivity index (χ1n) is 9.75. The summed E-state index contributed by atoms with van der Waals surface area (Å²) < 4.78 is 1.68. The van der Waals surface area contributed by atoms with Crippen LogP contribution in [0, 0.1) is 13.8 Å². The highest BCUT2D eigenvalue weighted by Crippen LogP contribution is 2.16.